The van der Waals surface area contributed by atoms with Gasteiger partial charge in [-0.05, 0) is 29.2 Å². The maximum absolute atomic E-state index is 10.3. The van der Waals surface area contributed by atoms with Gasteiger partial charge in [-0.3, -0.25) is 4.99 Å². The monoisotopic (exact) mass is 403 g/mol. The third-order valence-corrected chi connectivity index (χ3v) is 3.59. The van der Waals surface area contributed by atoms with Crippen LogP contribution in [0.2, 0.25) is 0 Å². The van der Waals surface area contributed by atoms with Crippen LogP contribution in [0.3, 0.4) is 0 Å². The van der Waals surface area contributed by atoms with Gasteiger partial charge in [-0.25, -0.2) is 0 Å². The van der Waals surface area contributed by atoms with Crippen molar-refractivity contribution in [1.29, 1.82) is 0 Å². The number of benzene rings is 3. The van der Waals surface area contributed by atoms with E-state index in [4.69, 9.17) is 0 Å². The van der Waals surface area contributed by atoms with Gasteiger partial charge in [0, 0.05) is 11.8 Å². The van der Waals surface area contributed by atoms with Gasteiger partial charge in [0.25, 0.3) is 0 Å². The number of nitrogens with zero attached hydrogens (tertiary/aromatic N) is 1. The SMILES string of the molecule is CC(C)(C)c1cccc(C=Nc2ccccc2)c1O.[CH3-].[Ni+2].[c-]1ccccc1. The second kappa shape index (κ2) is 12.1. The summed E-state index contributed by atoms with van der Waals surface area (Å²) in [5.41, 5.74) is 2.48. The molecule has 3 rings (SSSR count). The van der Waals surface area contributed by atoms with Gasteiger partial charge in [0.2, 0.25) is 0 Å². The number of aliphatic imine (C=N–C) groups is 1. The van der Waals surface area contributed by atoms with Crippen LogP contribution in [0.15, 0.2) is 83.9 Å². The van der Waals surface area contributed by atoms with Gasteiger partial charge in [-0.1, -0.05) is 51.1 Å². The standard InChI is InChI=1S/C17H19NO.C6H5.CH3.Ni/c1-17(2,3)15-11-7-8-13(16(15)19)12-18-14-9-5-4-6-10-14;1-2-4-6-5-3-1;;/h4-12,19H,1-3H3;1-5H;1H3;/q;2*-1;+2. The molecule has 0 heterocycles. The maximum atomic E-state index is 10.3. The Morgan fingerprint density at radius 2 is 1.44 bits per heavy atom. The Morgan fingerprint density at radius 1 is 0.852 bits per heavy atom. The molecule has 0 amide bonds. The Morgan fingerprint density at radius 3 is 1.93 bits per heavy atom. The van der Waals surface area contributed by atoms with Crippen molar-refractivity contribution in [1.82, 2.24) is 0 Å². The zero-order valence-corrected chi connectivity index (χ0v) is 17.3. The second-order valence-electron chi connectivity index (χ2n) is 6.66. The van der Waals surface area contributed by atoms with Gasteiger partial charge in [0.15, 0.2) is 0 Å². The molecule has 3 aromatic rings. The summed E-state index contributed by atoms with van der Waals surface area (Å²) in [6.07, 6.45) is 1.71. The minimum atomic E-state index is -0.0827. The summed E-state index contributed by atoms with van der Waals surface area (Å²) in [4.78, 5) is 4.38. The predicted molar refractivity (Wildman–Crippen MR) is 112 cm³/mol. The number of aromatic hydroxyl groups is 1. The predicted octanol–water partition coefficient (Wildman–Crippen LogP) is 6.37. The van der Waals surface area contributed by atoms with Crippen molar-refractivity contribution in [3.63, 3.8) is 0 Å². The van der Waals surface area contributed by atoms with Gasteiger partial charge in [-0.15, -0.1) is 0 Å². The smallest absolute Gasteiger partial charge is 0.507 e. The minimum absolute atomic E-state index is 0. The van der Waals surface area contributed by atoms with Crippen molar-refractivity contribution in [2.24, 2.45) is 4.99 Å². The Labute approximate surface area is 173 Å². The molecule has 144 valence electrons. The van der Waals surface area contributed by atoms with Gasteiger partial charge >= 0.3 is 16.5 Å². The number of phenols is 1. The normalized spacial score (nSPS) is 10.2. The summed E-state index contributed by atoms with van der Waals surface area (Å²) in [5, 5.41) is 10.3. The van der Waals surface area contributed by atoms with Gasteiger partial charge in [0.05, 0.1) is 5.69 Å². The first-order valence-corrected chi connectivity index (χ1v) is 8.31. The molecule has 27 heavy (non-hydrogen) atoms. The quantitative estimate of drug-likeness (QED) is 0.300. The molecule has 0 unspecified atom stereocenters. The molecule has 0 aromatic heterocycles. The number of hydrogen-bond donors (Lipinski definition) is 1. The average molecular weight is 404 g/mol. The molecule has 0 saturated carbocycles. The fourth-order valence-corrected chi connectivity index (χ4v) is 2.27. The minimum Gasteiger partial charge on any atom is -0.507 e. The third-order valence-electron chi connectivity index (χ3n) is 3.59. The zero-order valence-electron chi connectivity index (χ0n) is 16.3. The Bertz CT molecular complexity index is 767. The van der Waals surface area contributed by atoms with E-state index in [-0.39, 0.29) is 29.3 Å². The van der Waals surface area contributed by atoms with E-state index in [1.54, 1.807) is 6.21 Å². The molecule has 0 fully saturated rings. The van der Waals surface area contributed by atoms with Crippen molar-refractivity contribution in [3.05, 3.63) is 103 Å². The van der Waals surface area contributed by atoms with E-state index >= 15 is 0 Å². The number of phenolic OH excluding ortho intramolecular Hbond substituents is 1. The topological polar surface area (TPSA) is 32.6 Å². The van der Waals surface area contributed by atoms with Crippen LogP contribution in [0, 0.1) is 13.5 Å². The molecule has 0 aliphatic rings. The van der Waals surface area contributed by atoms with Crippen LogP contribution in [-0.4, -0.2) is 11.3 Å². The molecule has 0 radical (unpaired) electrons. The van der Waals surface area contributed by atoms with Crippen LogP contribution in [0.1, 0.15) is 31.9 Å². The van der Waals surface area contributed by atoms with Crippen molar-refractivity contribution >= 4 is 11.9 Å². The van der Waals surface area contributed by atoms with E-state index in [2.05, 4.69) is 31.8 Å². The molecular weight excluding hydrogens is 377 g/mol. The fourth-order valence-electron chi connectivity index (χ4n) is 2.27. The van der Waals surface area contributed by atoms with E-state index in [0.717, 1.165) is 16.8 Å². The second-order valence-corrected chi connectivity index (χ2v) is 6.66. The van der Waals surface area contributed by atoms with E-state index in [0.29, 0.717) is 5.75 Å². The van der Waals surface area contributed by atoms with Crippen LogP contribution in [0.25, 0.3) is 0 Å². The molecule has 0 bridgehead atoms. The molecule has 3 heteroatoms. The summed E-state index contributed by atoms with van der Waals surface area (Å²) in [6, 6.07) is 28.0. The van der Waals surface area contributed by atoms with E-state index in [1.807, 2.05) is 78.9 Å². The Hall–Kier alpha value is -2.38. The molecule has 0 aliphatic heterocycles. The third kappa shape index (κ3) is 8.24. The van der Waals surface area contributed by atoms with Gasteiger partial charge in [-0.2, -0.15) is 36.4 Å². The van der Waals surface area contributed by atoms with Gasteiger partial charge in [0.1, 0.15) is 5.75 Å². The first kappa shape index (κ1) is 24.6. The largest absolute Gasteiger partial charge is 2.00 e. The first-order valence-electron chi connectivity index (χ1n) is 8.31. The number of rotatable bonds is 2. The number of hydrogen-bond acceptors (Lipinski definition) is 2. The molecule has 0 spiro atoms. The van der Waals surface area contributed by atoms with Crippen LogP contribution >= 0.6 is 0 Å². The van der Waals surface area contributed by atoms with Crippen molar-refractivity contribution in [2.75, 3.05) is 0 Å². The average Bonchev–Trinajstić information content (AvgIpc) is 2.63. The van der Waals surface area contributed by atoms with Crippen molar-refractivity contribution < 1.29 is 21.6 Å². The summed E-state index contributed by atoms with van der Waals surface area (Å²) in [7, 11) is 0. The molecule has 0 atom stereocenters. The van der Waals surface area contributed by atoms with Crippen LogP contribution in [0.5, 0.6) is 5.75 Å². The molecular formula is C24H27NNiO. The van der Waals surface area contributed by atoms with E-state index < -0.39 is 0 Å². The zero-order chi connectivity index (χ0) is 18.1. The fraction of sp³-hybridized carbons (Fsp3) is 0.167. The molecule has 3 aromatic carbocycles. The number of para-hydroxylation sites is 2. The summed E-state index contributed by atoms with van der Waals surface area (Å²) in [5.74, 6) is 0.315. The molecule has 2 nitrogen and oxygen atoms in total. The maximum Gasteiger partial charge on any atom is 2.00 e. The molecule has 1 N–H and O–H groups in total. The van der Waals surface area contributed by atoms with Crippen molar-refractivity contribution in [2.45, 2.75) is 26.2 Å². The Balaban J connectivity index is 0.000000724. The summed E-state index contributed by atoms with van der Waals surface area (Å²) < 4.78 is 0. The first-order chi connectivity index (χ1) is 12.0. The summed E-state index contributed by atoms with van der Waals surface area (Å²) >= 11 is 0. The van der Waals surface area contributed by atoms with E-state index in [9.17, 15) is 5.11 Å². The van der Waals surface area contributed by atoms with Gasteiger partial charge < -0.3 is 12.5 Å². The Kier molecular flexibility index (Phi) is 11.0. The molecule has 0 saturated heterocycles. The summed E-state index contributed by atoms with van der Waals surface area (Å²) in [6.45, 7) is 6.25. The molecule has 0 aliphatic carbocycles. The van der Waals surface area contributed by atoms with E-state index in [1.165, 1.54) is 0 Å². The van der Waals surface area contributed by atoms with Crippen LogP contribution < -0.4 is 0 Å². The van der Waals surface area contributed by atoms with Crippen molar-refractivity contribution in [3.8, 4) is 5.75 Å². The van der Waals surface area contributed by atoms with Crippen LogP contribution in [0.4, 0.5) is 5.69 Å². The van der Waals surface area contributed by atoms with Crippen LogP contribution in [-0.2, 0) is 21.9 Å².